The van der Waals surface area contributed by atoms with Gasteiger partial charge in [-0.3, -0.25) is 0 Å². The fraction of sp³-hybridized carbons (Fsp3) is 1.00. The summed E-state index contributed by atoms with van der Waals surface area (Å²) in [7, 11) is 7.15. The van der Waals surface area contributed by atoms with Gasteiger partial charge in [0.1, 0.15) is 0 Å². The van der Waals surface area contributed by atoms with Crippen molar-refractivity contribution in [3.63, 3.8) is 0 Å². The van der Waals surface area contributed by atoms with E-state index in [0.29, 0.717) is 0 Å². The molecule has 0 aliphatic carbocycles. The molecule has 0 aromatic heterocycles. The van der Waals surface area contributed by atoms with E-state index in [2.05, 4.69) is 35.0 Å². The molecule has 0 fully saturated rings. The van der Waals surface area contributed by atoms with Gasteiger partial charge in [-0.05, 0) is 12.8 Å². The third kappa shape index (κ3) is 30.2. The first-order chi connectivity index (χ1) is 15.5. The molecule has 0 amide bonds. The van der Waals surface area contributed by atoms with Crippen LogP contribution in [-0.4, -0.2) is 32.2 Å². The summed E-state index contributed by atoms with van der Waals surface area (Å²) in [6.07, 6.45) is 35.1. The highest BCUT2D eigenvalue weighted by Gasteiger charge is 2.17. The smallest absolute Gasteiger partial charge is 0.0809 e. The number of halogens is 1. The van der Waals surface area contributed by atoms with Gasteiger partial charge in [0, 0.05) is 5.92 Å². The van der Waals surface area contributed by atoms with E-state index in [0.717, 1.165) is 10.4 Å². The van der Waals surface area contributed by atoms with Crippen LogP contribution in [0.25, 0.3) is 0 Å². The Morgan fingerprint density at radius 2 is 0.636 bits per heavy atom. The molecule has 0 radical (unpaired) electrons. The SMILES string of the molecule is CCCCCCCCCCCCCCC(CCCCCCCCCCCC)C[N+](C)(C)C.[Cl-]. The van der Waals surface area contributed by atoms with Crippen LogP contribution in [0.1, 0.15) is 168 Å². The lowest BCUT2D eigenvalue weighted by Crippen LogP contribution is -3.00. The van der Waals surface area contributed by atoms with Crippen LogP contribution in [0, 0.1) is 5.92 Å². The van der Waals surface area contributed by atoms with E-state index in [1.54, 1.807) is 0 Å². The zero-order chi connectivity index (χ0) is 23.8. The number of hydrogen-bond acceptors (Lipinski definition) is 0. The van der Waals surface area contributed by atoms with Gasteiger partial charge in [0.05, 0.1) is 27.7 Å². The maximum Gasteiger partial charge on any atom is 0.0809 e. The van der Waals surface area contributed by atoms with E-state index in [4.69, 9.17) is 0 Å². The average Bonchev–Trinajstić information content (AvgIpc) is 2.74. The lowest BCUT2D eigenvalue weighted by molar-refractivity contribution is -0.874. The van der Waals surface area contributed by atoms with Gasteiger partial charge in [-0.15, -0.1) is 0 Å². The van der Waals surface area contributed by atoms with Crippen LogP contribution in [0.15, 0.2) is 0 Å². The van der Waals surface area contributed by atoms with Crippen LogP contribution in [0.2, 0.25) is 0 Å². The summed E-state index contributed by atoms with van der Waals surface area (Å²) < 4.78 is 1.14. The molecule has 0 spiro atoms. The number of hydrogen-bond donors (Lipinski definition) is 0. The highest BCUT2D eigenvalue weighted by molar-refractivity contribution is 4.61. The summed E-state index contributed by atoms with van der Waals surface area (Å²) in [6.45, 7) is 5.99. The number of unbranched alkanes of at least 4 members (excludes halogenated alkanes) is 20. The predicted octanol–water partition coefficient (Wildman–Crippen LogP) is 7.72. The Morgan fingerprint density at radius 3 is 0.879 bits per heavy atom. The van der Waals surface area contributed by atoms with E-state index in [1.165, 1.54) is 161 Å². The van der Waals surface area contributed by atoms with Crippen molar-refractivity contribution in [2.24, 2.45) is 5.92 Å². The van der Waals surface area contributed by atoms with Gasteiger partial charge in [-0.1, -0.05) is 155 Å². The van der Waals surface area contributed by atoms with Gasteiger partial charge >= 0.3 is 0 Å². The predicted molar refractivity (Wildman–Crippen MR) is 149 cm³/mol. The van der Waals surface area contributed by atoms with Crippen molar-refractivity contribution < 1.29 is 16.9 Å². The molecule has 1 atom stereocenters. The Kier molecular flexibility index (Phi) is 28.8. The molecule has 0 saturated carbocycles. The highest BCUT2D eigenvalue weighted by Crippen LogP contribution is 2.22. The molecule has 0 aliphatic heterocycles. The van der Waals surface area contributed by atoms with E-state index in [9.17, 15) is 0 Å². The largest absolute Gasteiger partial charge is 1.00 e. The maximum atomic E-state index is 2.38. The number of quaternary nitrogens is 1. The van der Waals surface area contributed by atoms with Crippen molar-refractivity contribution >= 4 is 0 Å². The lowest BCUT2D eigenvalue weighted by Gasteiger charge is -2.29. The van der Waals surface area contributed by atoms with Gasteiger partial charge in [0.15, 0.2) is 0 Å². The minimum absolute atomic E-state index is 0. The third-order valence-corrected chi connectivity index (χ3v) is 7.24. The van der Waals surface area contributed by atoms with Crippen molar-refractivity contribution in [2.45, 2.75) is 168 Å². The molecule has 0 bridgehead atoms. The highest BCUT2D eigenvalue weighted by atomic mass is 35.5. The Bertz CT molecular complexity index is 349. The molecule has 2 heteroatoms. The molecule has 0 aliphatic rings. The molecule has 0 N–H and O–H groups in total. The molecule has 1 nitrogen and oxygen atoms in total. The van der Waals surface area contributed by atoms with E-state index in [-0.39, 0.29) is 12.4 Å². The Morgan fingerprint density at radius 1 is 0.394 bits per heavy atom. The second-order valence-electron chi connectivity index (χ2n) is 12.0. The van der Waals surface area contributed by atoms with E-state index < -0.39 is 0 Å². The average molecular weight is 488 g/mol. The van der Waals surface area contributed by atoms with Crippen molar-refractivity contribution in [1.29, 1.82) is 0 Å². The summed E-state index contributed by atoms with van der Waals surface area (Å²) in [5.74, 6) is 0.951. The first-order valence-corrected chi connectivity index (χ1v) is 15.3. The third-order valence-electron chi connectivity index (χ3n) is 7.24. The molecule has 0 saturated heterocycles. The topological polar surface area (TPSA) is 0 Å². The maximum absolute atomic E-state index is 2.38. The Hall–Kier alpha value is 0.250. The Labute approximate surface area is 218 Å². The molecule has 0 rings (SSSR count). The van der Waals surface area contributed by atoms with Gasteiger partial charge in [0.25, 0.3) is 0 Å². The molecule has 0 aromatic carbocycles. The summed E-state index contributed by atoms with van der Waals surface area (Å²) >= 11 is 0. The summed E-state index contributed by atoms with van der Waals surface area (Å²) in [4.78, 5) is 0. The van der Waals surface area contributed by atoms with Crippen molar-refractivity contribution in [3.8, 4) is 0 Å². The first kappa shape index (κ1) is 35.4. The lowest BCUT2D eigenvalue weighted by atomic mass is 9.93. The van der Waals surface area contributed by atoms with Gasteiger partial charge in [-0.2, -0.15) is 0 Å². The van der Waals surface area contributed by atoms with Gasteiger partial charge in [-0.25, -0.2) is 0 Å². The van der Waals surface area contributed by atoms with Crippen molar-refractivity contribution in [1.82, 2.24) is 0 Å². The van der Waals surface area contributed by atoms with E-state index >= 15 is 0 Å². The van der Waals surface area contributed by atoms with Crippen molar-refractivity contribution in [3.05, 3.63) is 0 Å². The molecule has 202 valence electrons. The van der Waals surface area contributed by atoms with Crippen LogP contribution in [0.3, 0.4) is 0 Å². The summed E-state index contributed by atoms with van der Waals surface area (Å²) in [5, 5.41) is 0. The molecule has 33 heavy (non-hydrogen) atoms. The second-order valence-corrected chi connectivity index (χ2v) is 12.0. The van der Waals surface area contributed by atoms with Crippen molar-refractivity contribution in [2.75, 3.05) is 27.7 Å². The normalized spacial score (nSPS) is 12.6. The summed E-state index contributed by atoms with van der Waals surface area (Å²) in [5.41, 5.74) is 0. The van der Waals surface area contributed by atoms with Crippen LogP contribution in [0.5, 0.6) is 0 Å². The standard InChI is InChI=1S/C31H66N.ClH/c1-6-8-10-12-14-16-18-19-21-23-25-27-29-31(30-32(3,4)5)28-26-24-22-20-17-15-13-11-9-7-2;/h31H,6-30H2,1-5H3;1H/q+1;/p-1. The molecular weight excluding hydrogens is 422 g/mol. The van der Waals surface area contributed by atoms with Crippen LogP contribution in [0.4, 0.5) is 0 Å². The van der Waals surface area contributed by atoms with Gasteiger partial charge < -0.3 is 16.9 Å². The zero-order valence-corrected chi connectivity index (χ0v) is 24.8. The first-order valence-electron chi connectivity index (χ1n) is 15.3. The summed E-state index contributed by atoms with van der Waals surface area (Å²) in [6, 6.07) is 0. The molecule has 1 unspecified atom stereocenters. The minimum atomic E-state index is 0. The zero-order valence-electron chi connectivity index (χ0n) is 24.1. The Balaban J connectivity index is 0. The number of rotatable bonds is 26. The fourth-order valence-corrected chi connectivity index (χ4v) is 5.30. The van der Waals surface area contributed by atoms with Crippen LogP contribution >= 0.6 is 0 Å². The van der Waals surface area contributed by atoms with Crippen LogP contribution in [-0.2, 0) is 0 Å². The fourth-order valence-electron chi connectivity index (χ4n) is 5.30. The minimum Gasteiger partial charge on any atom is -1.00 e. The number of nitrogens with zero attached hydrogens (tertiary/aromatic N) is 1. The van der Waals surface area contributed by atoms with Gasteiger partial charge in [0.2, 0.25) is 0 Å². The molecule has 0 heterocycles. The monoisotopic (exact) mass is 487 g/mol. The van der Waals surface area contributed by atoms with E-state index in [1.807, 2.05) is 0 Å². The molecule has 0 aromatic rings. The molecular formula is C31H66ClN. The quantitative estimate of drug-likeness (QED) is 0.0864. The van der Waals surface area contributed by atoms with Crippen LogP contribution < -0.4 is 12.4 Å². The second kappa shape index (κ2) is 26.8.